The largest absolute Gasteiger partial charge is 0.287 e. The topological polar surface area (TPSA) is 56.1 Å². The molecule has 0 aromatic heterocycles. The summed E-state index contributed by atoms with van der Waals surface area (Å²) in [4.78, 5) is 12.5. The number of rotatable bonds is 3. The Kier molecular flexibility index (Phi) is 2.93. The van der Waals surface area contributed by atoms with E-state index in [0.717, 1.165) is 24.9 Å². The molecule has 1 saturated heterocycles. The Bertz CT molecular complexity index is 696. The number of amides is 1. The Morgan fingerprint density at radius 2 is 2.13 bits per heavy atom. The Morgan fingerprint density at radius 3 is 2.78 bits per heavy atom. The summed E-state index contributed by atoms with van der Waals surface area (Å²) in [6.45, 7) is 5.36. The Labute approximate surface area is 137 Å². The molecule has 0 radical (unpaired) electrons. The molecule has 1 aromatic carbocycles. The van der Waals surface area contributed by atoms with Gasteiger partial charge in [0, 0.05) is 12.0 Å². The molecule has 0 unspecified atom stereocenters. The molecule has 4 nitrogen and oxygen atoms in total. The van der Waals surface area contributed by atoms with Gasteiger partial charge in [-0.2, -0.15) is 10.3 Å². The zero-order valence-corrected chi connectivity index (χ0v) is 13.8. The van der Waals surface area contributed by atoms with Crippen LogP contribution in [-0.2, 0) is 11.2 Å². The molecule has 1 N–H and O–H groups in total. The highest BCUT2D eigenvalue weighted by molar-refractivity contribution is 5.78. The fraction of sp³-hybridized carbons (Fsp3) is 0.579. The first-order valence-corrected chi connectivity index (χ1v) is 8.47. The molecule has 1 aliphatic heterocycles. The summed E-state index contributed by atoms with van der Waals surface area (Å²) in [5.74, 6) is 0.593. The van der Waals surface area contributed by atoms with Crippen molar-refractivity contribution in [1.82, 2.24) is 10.4 Å². The number of piperidine rings is 1. The van der Waals surface area contributed by atoms with Crippen LogP contribution < -0.4 is 5.43 Å². The van der Waals surface area contributed by atoms with Gasteiger partial charge in [0.1, 0.15) is 5.54 Å². The van der Waals surface area contributed by atoms with Gasteiger partial charge in [0.2, 0.25) is 5.91 Å². The number of nitriles is 1. The van der Waals surface area contributed by atoms with Crippen LogP contribution in [0.5, 0.6) is 0 Å². The second-order valence-corrected chi connectivity index (χ2v) is 7.94. The molecule has 4 heteroatoms. The first kappa shape index (κ1) is 14.7. The average Bonchev–Trinajstić information content (AvgIpc) is 2.97. The van der Waals surface area contributed by atoms with E-state index in [1.807, 2.05) is 35.3 Å². The Hall–Kier alpha value is -1.86. The summed E-state index contributed by atoms with van der Waals surface area (Å²) in [7, 11) is 0. The monoisotopic (exact) mass is 309 g/mol. The highest BCUT2D eigenvalue weighted by Crippen LogP contribution is 2.75. The summed E-state index contributed by atoms with van der Waals surface area (Å²) >= 11 is 0. The van der Waals surface area contributed by atoms with Gasteiger partial charge in [0.25, 0.3) is 0 Å². The number of nitrogens with one attached hydrogen (secondary N) is 1. The molecule has 4 rings (SSSR count). The van der Waals surface area contributed by atoms with E-state index >= 15 is 0 Å². The standard InChI is InChI=1S/C19H23N3O/c1-17-13-22(21-16(23)10-14-6-4-3-5-7-14)19(12-20)11-15(17)8-9-18(17,19)2/h3-7,15H,8-11,13H2,1-2H3,(H,21,23)/t15-,17+,18-,19+/m1/s1. The summed E-state index contributed by atoms with van der Waals surface area (Å²) in [5, 5.41) is 11.9. The second-order valence-electron chi connectivity index (χ2n) is 7.94. The fourth-order valence-corrected chi connectivity index (χ4v) is 5.62. The lowest BCUT2D eigenvalue weighted by Gasteiger charge is -2.42. The van der Waals surface area contributed by atoms with Gasteiger partial charge in [-0.05, 0) is 36.2 Å². The lowest BCUT2D eigenvalue weighted by atomic mass is 9.66. The van der Waals surface area contributed by atoms with Gasteiger partial charge >= 0.3 is 0 Å². The summed E-state index contributed by atoms with van der Waals surface area (Å²) < 4.78 is 0. The molecule has 4 bridgehead atoms. The molecule has 0 spiro atoms. The molecule has 3 aliphatic rings. The number of hydrogen-bond acceptors (Lipinski definition) is 3. The van der Waals surface area contributed by atoms with Gasteiger partial charge < -0.3 is 0 Å². The van der Waals surface area contributed by atoms with Crippen molar-refractivity contribution in [3.8, 4) is 6.07 Å². The molecule has 4 atom stereocenters. The summed E-state index contributed by atoms with van der Waals surface area (Å²) in [6.07, 6.45) is 3.56. The van der Waals surface area contributed by atoms with Crippen LogP contribution in [0.25, 0.3) is 0 Å². The number of benzene rings is 1. The van der Waals surface area contributed by atoms with E-state index in [2.05, 4.69) is 25.3 Å². The minimum Gasteiger partial charge on any atom is -0.287 e. The van der Waals surface area contributed by atoms with Crippen LogP contribution in [0.1, 0.15) is 38.7 Å². The second kappa shape index (κ2) is 4.58. The van der Waals surface area contributed by atoms with E-state index in [-0.39, 0.29) is 16.7 Å². The molecular weight excluding hydrogens is 286 g/mol. The maximum Gasteiger partial charge on any atom is 0.238 e. The normalized spacial score (nSPS) is 41.0. The number of nitrogens with zero attached hydrogens (tertiary/aromatic N) is 2. The smallest absolute Gasteiger partial charge is 0.238 e. The quantitative estimate of drug-likeness (QED) is 0.934. The molecule has 1 heterocycles. The average molecular weight is 309 g/mol. The Morgan fingerprint density at radius 1 is 1.39 bits per heavy atom. The summed E-state index contributed by atoms with van der Waals surface area (Å²) in [5.41, 5.74) is 3.65. The maximum atomic E-state index is 12.5. The number of carbonyl (C=O) groups excluding carboxylic acids is 1. The van der Waals surface area contributed by atoms with Crippen LogP contribution in [0.2, 0.25) is 0 Å². The molecule has 23 heavy (non-hydrogen) atoms. The van der Waals surface area contributed by atoms with Crippen molar-refractivity contribution in [2.45, 2.75) is 45.1 Å². The molecule has 2 saturated carbocycles. The first-order chi connectivity index (χ1) is 11.0. The van der Waals surface area contributed by atoms with Crippen LogP contribution in [0, 0.1) is 28.1 Å². The molecule has 120 valence electrons. The zero-order valence-electron chi connectivity index (χ0n) is 13.8. The van der Waals surface area contributed by atoms with Crippen molar-refractivity contribution in [2.24, 2.45) is 16.7 Å². The van der Waals surface area contributed by atoms with Gasteiger partial charge in [0.05, 0.1) is 12.5 Å². The summed E-state index contributed by atoms with van der Waals surface area (Å²) in [6, 6.07) is 12.3. The third-order valence-corrected chi connectivity index (χ3v) is 7.21. The predicted molar refractivity (Wildman–Crippen MR) is 86.9 cm³/mol. The number of hydrogen-bond donors (Lipinski definition) is 1. The number of hydrazine groups is 1. The van der Waals surface area contributed by atoms with Crippen LogP contribution in [0.15, 0.2) is 30.3 Å². The van der Waals surface area contributed by atoms with Gasteiger partial charge in [-0.3, -0.25) is 10.2 Å². The maximum absolute atomic E-state index is 12.5. The van der Waals surface area contributed by atoms with Crippen molar-refractivity contribution in [1.29, 1.82) is 5.26 Å². The minimum atomic E-state index is -0.531. The molecule has 2 aliphatic carbocycles. The van der Waals surface area contributed by atoms with Gasteiger partial charge in [-0.1, -0.05) is 44.2 Å². The van der Waals surface area contributed by atoms with E-state index < -0.39 is 5.54 Å². The fourth-order valence-electron chi connectivity index (χ4n) is 5.62. The number of carbonyl (C=O) groups is 1. The third kappa shape index (κ3) is 1.66. The van der Waals surface area contributed by atoms with E-state index in [1.54, 1.807) is 0 Å². The highest BCUT2D eigenvalue weighted by atomic mass is 16.2. The Balaban J connectivity index is 1.55. The third-order valence-electron chi connectivity index (χ3n) is 7.21. The van der Waals surface area contributed by atoms with Crippen LogP contribution >= 0.6 is 0 Å². The van der Waals surface area contributed by atoms with Crippen molar-refractivity contribution < 1.29 is 4.79 Å². The van der Waals surface area contributed by atoms with Crippen LogP contribution in [-0.4, -0.2) is 23.0 Å². The van der Waals surface area contributed by atoms with E-state index in [1.165, 1.54) is 6.42 Å². The van der Waals surface area contributed by atoms with Crippen molar-refractivity contribution in [3.63, 3.8) is 0 Å². The van der Waals surface area contributed by atoms with Gasteiger partial charge in [-0.25, -0.2) is 0 Å². The zero-order chi connectivity index (χ0) is 16.3. The van der Waals surface area contributed by atoms with Crippen molar-refractivity contribution in [2.75, 3.05) is 6.54 Å². The minimum absolute atomic E-state index is 0.0144. The molecule has 3 fully saturated rings. The molecular formula is C19H23N3O. The van der Waals surface area contributed by atoms with E-state index in [4.69, 9.17) is 0 Å². The lowest BCUT2D eigenvalue weighted by Crippen LogP contribution is -2.59. The predicted octanol–water partition coefficient (Wildman–Crippen LogP) is 2.66. The first-order valence-electron chi connectivity index (χ1n) is 8.47. The molecule has 1 amide bonds. The lowest BCUT2D eigenvalue weighted by molar-refractivity contribution is -0.128. The van der Waals surface area contributed by atoms with Crippen molar-refractivity contribution in [3.05, 3.63) is 35.9 Å². The van der Waals surface area contributed by atoms with E-state index in [0.29, 0.717) is 12.3 Å². The van der Waals surface area contributed by atoms with Crippen LogP contribution in [0.3, 0.4) is 0 Å². The van der Waals surface area contributed by atoms with Gasteiger partial charge in [-0.15, -0.1) is 0 Å². The van der Waals surface area contributed by atoms with Crippen LogP contribution in [0.4, 0.5) is 0 Å². The van der Waals surface area contributed by atoms with Crippen molar-refractivity contribution >= 4 is 5.91 Å². The van der Waals surface area contributed by atoms with E-state index in [9.17, 15) is 10.1 Å². The SMILES string of the molecule is C[C@]12CC[C@@H]3C[C@@]1(C#N)N(NC(=O)Cc1ccccc1)C[C@@]32C. The highest BCUT2D eigenvalue weighted by Gasteiger charge is 2.78. The molecule has 1 aromatic rings. The van der Waals surface area contributed by atoms with Gasteiger partial charge in [0.15, 0.2) is 0 Å².